The van der Waals surface area contributed by atoms with Crippen molar-refractivity contribution >= 4 is 0 Å². The van der Waals surface area contributed by atoms with Crippen LogP contribution in [0.4, 0.5) is 13.2 Å². The van der Waals surface area contributed by atoms with Crippen molar-refractivity contribution in [1.82, 2.24) is 0 Å². The molecule has 0 aliphatic heterocycles. The Labute approximate surface area is 103 Å². The van der Waals surface area contributed by atoms with Gasteiger partial charge >= 0.3 is 6.36 Å². The second-order valence-corrected chi connectivity index (χ2v) is 3.80. The number of alkyl halides is 3. The smallest absolute Gasteiger partial charge is 0.287 e. The van der Waals surface area contributed by atoms with Crippen molar-refractivity contribution in [3.8, 4) is 11.1 Å². The highest BCUT2D eigenvalue weighted by atomic mass is 19.4. The van der Waals surface area contributed by atoms with E-state index in [1.165, 1.54) is 0 Å². The summed E-state index contributed by atoms with van der Waals surface area (Å²) in [7, 11) is 0. The zero-order valence-corrected chi connectivity index (χ0v) is 9.45. The minimum Gasteiger partial charge on any atom is -0.287 e. The molecule has 0 aromatic heterocycles. The van der Waals surface area contributed by atoms with E-state index in [0.29, 0.717) is 5.56 Å². The fourth-order valence-electron chi connectivity index (χ4n) is 1.59. The summed E-state index contributed by atoms with van der Waals surface area (Å²) in [5, 5.41) is 0. The molecule has 0 atom stereocenters. The molecule has 2 aromatic carbocycles. The normalized spacial score (nSPS) is 11.5. The van der Waals surface area contributed by atoms with E-state index < -0.39 is 13.0 Å². The quantitative estimate of drug-likeness (QED) is 0.787. The number of halogens is 3. The topological polar surface area (TPSA) is 9.23 Å². The summed E-state index contributed by atoms with van der Waals surface area (Å²) in [6.45, 7) is -0.460. The van der Waals surface area contributed by atoms with Crippen LogP contribution >= 0.6 is 0 Å². The minimum absolute atomic E-state index is 0.460. The van der Waals surface area contributed by atoms with Crippen LogP contribution in [0.3, 0.4) is 0 Å². The molecule has 0 aliphatic carbocycles. The van der Waals surface area contributed by atoms with Crippen LogP contribution in [0, 0.1) is 0 Å². The first kappa shape index (κ1) is 12.6. The average molecular weight is 252 g/mol. The van der Waals surface area contributed by atoms with Crippen molar-refractivity contribution in [3.05, 3.63) is 60.2 Å². The van der Waals surface area contributed by atoms with Gasteiger partial charge in [0, 0.05) is 0 Å². The van der Waals surface area contributed by atoms with Gasteiger partial charge in [0.1, 0.15) is 0 Å². The van der Waals surface area contributed by atoms with Crippen LogP contribution in [0.2, 0.25) is 0 Å². The maximum Gasteiger partial charge on any atom is 0.522 e. The highest BCUT2D eigenvalue weighted by Gasteiger charge is 2.28. The summed E-state index contributed by atoms with van der Waals surface area (Å²) < 4.78 is 39.4. The summed E-state index contributed by atoms with van der Waals surface area (Å²) in [5.41, 5.74) is 2.49. The van der Waals surface area contributed by atoms with Gasteiger partial charge in [-0.2, -0.15) is 0 Å². The third-order valence-corrected chi connectivity index (χ3v) is 2.46. The van der Waals surface area contributed by atoms with Crippen LogP contribution in [0.15, 0.2) is 54.6 Å². The first-order valence-electron chi connectivity index (χ1n) is 5.40. The predicted octanol–water partition coefficient (Wildman–Crippen LogP) is 4.39. The lowest BCUT2D eigenvalue weighted by molar-refractivity contribution is -0.330. The van der Waals surface area contributed by atoms with Crippen molar-refractivity contribution in [3.63, 3.8) is 0 Å². The minimum atomic E-state index is -4.59. The fourth-order valence-corrected chi connectivity index (χ4v) is 1.59. The van der Waals surface area contributed by atoms with Gasteiger partial charge in [-0.25, -0.2) is 0 Å². The molecule has 0 radical (unpaired) electrons. The Morgan fingerprint density at radius 1 is 0.778 bits per heavy atom. The van der Waals surface area contributed by atoms with Crippen LogP contribution in [0.1, 0.15) is 5.56 Å². The van der Waals surface area contributed by atoms with Crippen LogP contribution in [0.5, 0.6) is 0 Å². The Balaban J connectivity index is 2.07. The Morgan fingerprint density at radius 2 is 1.33 bits per heavy atom. The molecule has 0 unspecified atom stereocenters. The first-order valence-corrected chi connectivity index (χ1v) is 5.40. The molecule has 4 heteroatoms. The molecule has 0 saturated carbocycles. The molecule has 0 N–H and O–H groups in total. The summed E-state index contributed by atoms with van der Waals surface area (Å²) in [5.74, 6) is 0. The Kier molecular flexibility index (Phi) is 3.67. The predicted molar refractivity (Wildman–Crippen MR) is 62.7 cm³/mol. The van der Waals surface area contributed by atoms with Crippen LogP contribution < -0.4 is 0 Å². The molecule has 2 aromatic rings. The lowest BCUT2D eigenvalue weighted by Crippen LogP contribution is -2.12. The zero-order chi connectivity index (χ0) is 13.0. The fraction of sp³-hybridized carbons (Fsp3) is 0.143. The molecular weight excluding hydrogens is 241 g/mol. The lowest BCUT2D eigenvalue weighted by atomic mass is 10.0. The van der Waals surface area contributed by atoms with Crippen LogP contribution in [-0.2, 0) is 11.3 Å². The third-order valence-electron chi connectivity index (χ3n) is 2.46. The van der Waals surface area contributed by atoms with Gasteiger partial charge in [0.25, 0.3) is 0 Å². The summed E-state index contributed by atoms with van der Waals surface area (Å²) >= 11 is 0. The SMILES string of the molecule is FC(F)(F)OCc1ccc(-c2ccccc2)cc1. The molecule has 0 spiro atoms. The van der Waals surface area contributed by atoms with Gasteiger partial charge in [-0.1, -0.05) is 54.6 Å². The molecule has 0 fully saturated rings. The second kappa shape index (κ2) is 5.23. The number of benzene rings is 2. The Hall–Kier alpha value is -1.81. The van der Waals surface area contributed by atoms with Gasteiger partial charge in [-0.05, 0) is 16.7 Å². The zero-order valence-electron chi connectivity index (χ0n) is 9.45. The van der Waals surface area contributed by atoms with Crippen molar-refractivity contribution in [1.29, 1.82) is 0 Å². The van der Waals surface area contributed by atoms with Gasteiger partial charge in [0.15, 0.2) is 0 Å². The van der Waals surface area contributed by atoms with Gasteiger partial charge in [-0.3, -0.25) is 4.74 Å². The number of hydrogen-bond acceptors (Lipinski definition) is 1. The first-order chi connectivity index (χ1) is 8.54. The number of ether oxygens (including phenoxy) is 1. The van der Waals surface area contributed by atoms with Crippen molar-refractivity contribution in [2.24, 2.45) is 0 Å². The lowest BCUT2D eigenvalue weighted by Gasteiger charge is -2.08. The summed E-state index contributed by atoms with van der Waals surface area (Å²) in [6, 6.07) is 16.5. The molecular formula is C14H11F3O. The molecule has 0 amide bonds. The average Bonchev–Trinajstić information content (AvgIpc) is 2.37. The van der Waals surface area contributed by atoms with Crippen molar-refractivity contribution < 1.29 is 17.9 Å². The summed E-state index contributed by atoms with van der Waals surface area (Å²) in [6.07, 6.45) is -4.59. The van der Waals surface area contributed by atoms with Crippen molar-refractivity contribution in [2.45, 2.75) is 13.0 Å². The molecule has 1 nitrogen and oxygen atoms in total. The monoisotopic (exact) mass is 252 g/mol. The summed E-state index contributed by atoms with van der Waals surface area (Å²) in [4.78, 5) is 0. The molecule has 2 rings (SSSR count). The number of rotatable bonds is 3. The van der Waals surface area contributed by atoms with E-state index in [1.807, 2.05) is 30.3 Å². The molecule has 18 heavy (non-hydrogen) atoms. The van der Waals surface area contributed by atoms with E-state index in [9.17, 15) is 13.2 Å². The standard InChI is InChI=1S/C14H11F3O/c15-14(16,17)18-10-11-6-8-13(9-7-11)12-4-2-1-3-5-12/h1-9H,10H2. The Morgan fingerprint density at radius 3 is 1.89 bits per heavy atom. The molecule has 0 bridgehead atoms. The van der Waals surface area contributed by atoms with E-state index in [-0.39, 0.29) is 0 Å². The van der Waals surface area contributed by atoms with Gasteiger partial charge in [0.2, 0.25) is 0 Å². The van der Waals surface area contributed by atoms with Gasteiger partial charge in [0.05, 0.1) is 6.61 Å². The second-order valence-electron chi connectivity index (χ2n) is 3.80. The highest BCUT2D eigenvalue weighted by Crippen LogP contribution is 2.22. The maximum absolute atomic E-state index is 11.9. The van der Waals surface area contributed by atoms with E-state index >= 15 is 0 Å². The molecule has 0 heterocycles. The van der Waals surface area contributed by atoms with E-state index in [4.69, 9.17) is 0 Å². The van der Waals surface area contributed by atoms with Crippen LogP contribution in [0.25, 0.3) is 11.1 Å². The molecule has 94 valence electrons. The van der Waals surface area contributed by atoms with Crippen molar-refractivity contribution in [2.75, 3.05) is 0 Å². The van der Waals surface area contributed by atoms with E-state index in [2.05, 4.69) is 4.74 Å². The number of hydrogen-bond donors (Lipinski definition) is 0. The van der Waals surface area contributed by atoms with E-state index in [1.54, 1.807) is 24.3 Å². The van der Waals surface area contributed by atoms with E-state index in [0.717, 1.165) is 11.1 Å². The third kappa shape index (κ3) is 3.60. The largest absolute Gasteiger partial charge is 0.522 e. The van der Waals surface area contributed by atoms with Gasteiger partial charge < -0.3 is 0 Å². The van der Waals surface area contributed by atoms with Crippen LogP contribution in [-0.4, -0.2) is 6.36 Å². The Bertz CT molecular complexity index is 489. The highest BCUT2D eigenvalue weighted by molar-refractivity contribution is 5.63. The maximum atomic E-state index is 11.9. The molecule has 0 aliphatic rings. The molecule has 0 saturated heterocycles. The van der Waals surface area contributed by atoms with Gasteiger partial charge in [-0.15, -0.1) is 13.2 Å².